The molecular formula is C19H17N3O. The van der Waals surface area contributed by atoms with Crippen LogP contribution in [-0.2, 0) is 24.2 Å². The highest BCUT2D eigenvalue weighted by atomic mass is 16.1. The minimum Gasteiger partial charge on any atom is -0.301 e. The number of para-hydroxylation sites is 1. The fourth-order valence-corrected chi connectivity index (χ4v) is 3.24. The molecule has 114 valence electrons. The first-order valence-corrected chi connectivity index (χ1v) is 7.85. The third-order valence-electron chi connectivity index (χ3n) is 4.41. The number of hydrogen-bond donors (Lipinski definition) is 1. The monoisotopic (exact) mass is 303 g/mol. The van der Waals surface area contributed by atoms with E-state index in [9.17, 15) is 4.79 Å². The topological polar surface area (TPSA) is 54.9 Å². The number of benzene rings is 1. The molecule has 23 heavy (non-hydrogen) atoms. The van der Waals surface area contributed by atoms with E-state index in [2.05, 4.69) is 28.5 Å². The molecule has 2 aromatic heterocycles. The van der Waals surface area contributed by atoms with Gasteiger partial charge in [0.05, 0.1) is 17.3 Å². The lowest BCUT2D eigenvalue weighted by molar-refractivity contribution is -0.109. The molecule has 0 saturated heterocycles. The van der Waals surface area contributed by atoms with Gasteiger partial charge in [0.25, 0.3) is 0 Å². The number of rotatable bonds is 4. The number of aromatic nitrogens is 2. The molecule has 4 rings (SSSR count). The van der Waals surface area contributed by atoms with Gasteiger partial charge in [-0.05, 0) is 36.6 Å². The first-order chi connectivity index (χ1) is 11.3. The van der Waals surface area contributed by atoms with E-state index in [0.29, 0.717) is 6.54 Å². The van der Waals surface area contributed by atoms with Crippen LogP contribution in [0.25, 0.3) is 10.9 Å². The predicted molar refractivity (Wildman–Crippen MR) is 89.0 cm³/mol. The Labute approximate surface area is 134 Å². The zero-order chi connectivity index (χ0) is 15.6. The summed E-state index contributed by atoms with van der Waals surface area (Å²) in [6.07, 6.45) is 4.51. The summed E-state index contributed by atoms with van der Waals surface area (Å²) in [5.41, 5.74) is 5.33. The van der Waals surface area contributed by atoms with Gasteiger partial charge in [0, 0.05) is 29.4 Å². The smallest absolute Gasteiger partial charge is 0.141 e. The quantitative estimate of drug-likeness (QED) is 0.753. The lowest BCUT2D eigenvalue weighted by Crippen LogP contribution is -2.14. The van der Waals surface area contributed by atoms with E-state index >= 15 is 0 Å². The molecule has 0 radical (unpaired) electrons. The Bertz CT molecular complexity index is 875. The highest BCUT2D eigenvalue weighted by molar-refractivity contribution is 5.78. The van der Waals surface area contributed by atoms with Crippen LogP contribution >= 0.6 is 0 Å². The van der Waals surface area contributed by atoms with Gasteiger partial charge in [-0.2, -0.15) is 0 Å². The number of nitrogens with one attached hydrogen (secondary N) is 1. The van der Waals surface area contributed by atoms with Crippen molar-refractivity contribution in [3.8, 4) is 0 Å². The standard InChI is InChI=1S/C19H17N3O/c23-12-18-19-14(9-10-20-17(19)11-21-18)6-8-15-7-5-13-3-1-2-4-16(13)22-15/h1-5,7,9-10,12,18,21H,6,8,11H2. The maximum Gasteiger partial charge on any atom is 0.141 e. The zero-order valence-electron chi connectivity index (χ0n) is 12.7. The first kappa shape index (κ1) is 14.0. The normalized spacial score (nSPS) is 16.4. The van der Waals surface area contributed by atoms with Gasteiger partial charge in [-0.3, -0.25) is 15.3 Å². The molecule has 1 aliphatic rings. The van der Waals surface area contributed by atoms with Gasteiger partial charge in [0.1, 0.15) is 6.29 Å². The molecule has 1 atom stereocenters. The maximum atomic E-state index is 11.2. The van der Waals surface area contributed by atoms with E-state index in [1.165, 1.54) is 5.56 Å². The summed E-state index contributed by atoms with van der Waals surface area (Å²) in [5, 5.41) is 4.35. The van der Waals surface area contributed by atoms with Crippen molar-refractivity contribution in [2.24, 2.45) is 0 Å². The lowest BCUT2D eigenvalue weighted by Gasteiger charge is -2.10. The van der Waals surface area contributed by atoms with Crippen molar-refractivity contribution in [3.05, 3.63) is 71.2 Å². The van der Waals surface area contributed by atoms with Gasteiger partial charge in [-0.1, -0.05) is 24.3 Å². The van der Waals surface area contributed by atoms with Crippen LogP contribution in [0.1, 0.15) is 28.6 Å². The Balaban J connectivity index is 1.59. The predicted octanol–water partition coefficient (Wildman–Crippen LogP) is 2.76. The van der Waals surface area contributed by atoms with Crippen molar-refractivity contribution in [2.75, 3.05) is 0 Å². The molecule has 1 aromatic carbocycles. The van der Waals surface area contributed by atoms with Gasteiger partial charge >= 0.3 is 0 Å². The summed E-state index contributed by atoms with van der Waals surface area (Å²) in [6, 6.07) is 14.1. The van der Waals surface area contributed by atoms with Crippen LogP contribution in [0.3, 0.4) is 0 Å². The molecule has 3 aromatic rings. The summed E-state index contributed by atoms with van der Waals surface area (Å²) in [7, 11) is 0. The largest absolute Gasteiger partial charge is 0.301 e. The molecule has 0 amide bonds. The molecule has 0 saturated carbocycles. The summed E-state index contributed by atoms with van der Waals surface area (Å²) in [5.74, 6) is 0. The molecule has 4 heteroatoms. The van der Waals surface area contributed by atoms with Gasteiger partial charge in [-0.15, -0.1) is 0 Å². The Morgan fingerprint density at radius 3 is 2.96 bits per heavy atom. The fraction of sp³-hybridized carbons (Fsp3) is 0.211. The van der Waals surface area contributed by atoms with Crippen molar-refractivity contribution < 1.29 is 4.79 Å². The fourth-order valence-electron chi connectivity index (χ4n) is 3.24. The Kier molecular flexibility index (Phi) is 3.60. The van der Waals surface area contributed by atoms with Crippen molar-refractivity contribution >= 4 is 17.2 Å². The summed E-state index contributed by atoms with van der Waals surface area (Å²) in [6.45, 7) is 0.667. The molecular weight excluding hydrogens is 286 g/mol. The van der Waals surface area contributed by atoms with Gasteiger partial charge in [0.2, 0.25) is 0 Å². The number of pyridine rings is 2. The van der Waals surface area contributed by atoms with E-state index in [0.717, 1.165) is 47.0 Å². The Morgan fingerprint density at radius 1 is 1.13 bits per heavy atom. The Hall–Kier alpha value is -2.59. The van der Waals surface area contributed by atoms with Gasteiger partial charge in [-0.25, -0.2) is 0 Å². The van der Waals surface area contributed by atoms with E-state index in [1.807, 2.05) is 30.5 Å². The molecule has 0 aliphatic carbocycles. The highest BCUT2D eigenvalue weighted by Gasteiger charge is 2.25. The average molecular weight is 303 g/mol. The number of nitrogens with zero attached hydrogens (tertiary/aromatic N) is 2. The second kappa shape index (κ2) is 5.89. The number of aryl methyl sites for hydroxylation is 2. The third kappa shape index (κ3) is 2.62. The van der Waals surface area contributed by atoms with Gasteiger partial charge in [0.15, 0.2) is 0 Å². The SMILES string of the molecule is O=CC1NCc2nccc(CCc3ccc4ccccc4n3)c21. The van der Waals surface area contributed by atoms with Crippen molar-refractivity contribution in [1.29, 1.82) is 0 Å². The summed E-state index contributed by atoms with van der Waals surface area (Å²) >= 11 is 0. The third-order valence-corrected chi connectivity index (χ3v) is 4.41. The van der Waals surface area contributed by atoms with Crippen LogP contribution in [0.15, 0.2) is 48.7 Å². The van der Waals surface area contributed by atoms with Crippen LogP contribution in [0.4, 0.5) is 0 Å². The van der Waals surface area contributed by atoms with E-state index in [-0.39, 0.29) is 6.04 Å². The van der Waals surface area contributed by atoms with Crippen LogP contribution in [0.2, 0.25) is 0 Å². The number of hydrogen-bond acceptors (Lipinski definition) is 4. The highest BCUT2D eigenvalue weighted by Crippen LogP contribution is 2.26. The second-order valence-corrected chi connectivity index (χ2v) is 5.82. The van der Waals surface area contributed by atoms with Crippen LogP contribution in [-0.4, -0.2) is 16.3 Å². The Morgan fingerprint density at radius 2 is 2.04 bits per heavy atom. The van der Waals surface area contributed by atoms with E-state index in [4.69, 9.17) is 4.98 Å². The van der Waals surface area contributed by atoms with Crippen LogP contribution in [0.5, 0.6) is 0 Å². The minimum atomic E-state index is -0.224. The maximum absolute atomic E-state index is 11.2. The molecule has 0 spiro atoms. The molecule has 0 fully saturated rings. The summed E-state index contributed by atoms with van der Waals surface area (Å²) < 4.78 is 0. The lowest BCUT2D eigenvalue weighted by atomic mass is 9.98. The number of aldehydes is 1. The molecule has 3 heterocycles. The molecule has 1 unspecified atom stereocenters. The van der Waals surface area contributed by atoms with Crippen LogP contribution < -0.4 is 5.32 Å². The average Bonchev–Trinajstić information content (AvgIpc) is 3.03. The van der Waals surface area contributed by atoms with E-state index in [1.54, 1.807) is 0 Å². The zero-order valence-corrected chi connectivity index (χ0v) is 12.7. The molecule has 4 nitrogen and oxygen atoms in total. The second-order valence-electron chi connectivity index (χ2n) is 5.82. The summed E-state index contributed by atoms with van der Waals surface area (Å²) in [4.78, 5) is 20.3. The van der Waals surface area contributed by atoms with E-state index < -0.39 is 0 Å². The number of carbonyl (C=O) groups is 1. The van der Waals surface area contributed by atoms with Crippen molar-refractivity contribution in [3.63, 3.8) is 0 Å². The molecule has 0 bridgehead atoms. The van der Waals surface area contributed by atoms with Crippen molar-refractivity contribution in [2.45, 2.75) is 25.4 Å². The van der Waals surface area contributed by atoms with Crippen LogP contribution in [0, 0.1) is 0 Å². The van der Waals surface area contributed by atoms with Crippen molar-refractivity contribution in [1.82, 2.24) is 15.3 Å². The minimum absolute atomic E-state index is 0.224. The first-order valence-electron chi connectivity index (χ1n) is 7.85. The van der Waals surface area contributed by atoms with Gasteiger partial charge < -0.3 is 4.79 Å². The number of carbonyl (C=O) groups excluding carboxylic acids is 1. The molecule has 1 aliphatic heterocycles. The molecule has 1 N–H and O–H groups in total. The number of fused-ring (bicyclic) bond motifs is 2.